The smallest absolute Gasteiger partial charge is 0.221 e. The molecule has 5 heteroatoms. The summed E-state index contributed by atoms with van der Waals surface area (Å²) < 4.78 is 13.2. The Balaban J connectivity index is 2.13. The fourth-order valence-electron chi connectivity index (χ4n) is 3.87. The van der Waals surface area contributed by atoms with Crippen LogP contribution in [0.2, 0.25) is 0 Å². The molecule has 1 N–H and O–H groups in total. The lowest BCUT2D eigenvalue weighted by Gasteiger charge is -2.20. The fourth-order valence-corrected chi connectivity index (χ4v) is 3.87. The van der Waals surface area contributed by atoms with Gasteiger partial charge in [-0.15, -0.1) is 0 Å². The van der Waals surface area contributed by atoms with Crippen molar-refractivity contribution < 1.29 is 14.3 Å². The molecule has 0 fully saturated rings. The number of hydrogen-bond acceptors (Lipinski definition) is 3. The minimum atomic E-state index is -0.115. The number of aromatic nitrogens is 1. The van der Waals surface area contributed by atoms with E-state index in [1.165, 1.54) is 10.9 Å². The van der Waals surface area contributed by atoms with E-state index in [-0.39, 0.29) is 17.9 Å². The van der Waals surface area contributed by atoms with Crippen LogP contribution in [0.25, 0.3) is 10.9 Å². The van der Waals surface area contributed by atoms with Gasteiger partial charge < -0.3 is 19.4 Å². The van der Waals surface area contributed by atoms with Crippen molar-refractivity contribution >= 4 is 16.8 Å². The normalized spacial score (nSPS) is 13.1. The maximum absolute atomic E-state index is 12.9. The van der Waals surface area contributed by atoms with Gasteiger partial charge in [0.2, 0.25) is 5.91 Å². The Bertz CT molecular complexity index is 987. The van der Waals surface area contributed by atoms with Gasteiger partial charge in [-0.3, -0.25) is 4.79 Å². The van der Waals surface area contributed by atoms with Gasteiger partial charge in [-0.2, -0.15) is 0 Å². The lowest BCUT2D eigenvalue weighted by atomic mass is 9.87. The molecule has 1 heterocycles. The van der Waals surface area contributed by atoms with E-state index in [9.17, 15) is 4.79 Å². The number of fused-ring (bicyclic) bond motifs is 1. The number of benzene rings is 2. The highest BCUT2D eigenvalue weighted by atomic mass is 16.5. The second kappa shape index (κ2) is 9.70. The largest absolute Gasteiger partial charge is 0.497 e. The molecule has 1 amide bonds. The van der Waals surface area contributed by atoms with Crippen molar-refractivity contribution in [1.29, 1.82) is 0 Å². The van der Waals surface area contributed by atoms with Crippen LogP contribution in [0, 0.1) is 0 Å². The van der Waals surface area contributed by atoms with E-state index in [0.717, 1.165) is 35.6 Å². The van der Waals surface area contributed by atoms with Crippen LogP contribution in [0.4, 0.5) is 0 Å². The summed E-state index contributed by atoms with van der Waals surface area (Å²) in [6, 6.07) is 14.4. The number of para-hydroxylation sites is 1. The number of ether oxygens (including phenoxy) is 2. The summed E-state index contributed by atoms with van der Waals surface area (Å²) in [6.07, 6.45) is 3.44. The van der Waals surface area contributed by atoms with Crippen molar-refractivity contribution in [3.05, 3.63) is 59.8 Å². The standard InChI is InChI=1S/C25H32N2O3/c1-6-17(3)26-25(28)15-22(18-12-19(29-4)14-20(13-18)30-5)23-16-27(7-2)24-11-9-8-10-21(23)24/h8-14,16-17,22H,6-7,15H2,1-5H3,(H,26,28)/t17-,22-/m0/s1. The van der Waals surface area contributed by atoms with Gasteiger partial charge in [-0.1, -0.05) is 25.1 Å². The molecule has 0 aliphatic heterocycles. The number of aryl methyl sites for hydroxylation is 1. The van der Waals surface area contributed by atoms with Crippen molar-refractivity contribution in [2.45, 2.75) is 52.1 Å². The molecular formula is C25H32N2O3. The van der Waals surface area contributed by atoms with Gasteiger partial charge in [0, 0.05) is 48.1 Å². The average Bonchev–Trinajstić information content (AvgIpc) is 3.15. The van der Waals surface area contributed by atoms with E-state index in [0.29, 0.717) is 6.42 Å². The summed E-state index contributed by atoms with van der Waals surface area (Å²) in [5, 5.41) is 4.29. The lowest BCUT2D eigenvalue weighted by molar-refractivity contribution is -0.121. The zero-order valence-electron chi connectivity index (χ0n) is 18.6. The molecule has 0 aliphatic carbocycles. The zero-order chi connectivity index (χ0) is 21.7. The SMILES string of the molecule is CC[C@H](C)NC(=O)C[C@@H](c1cc(OC)cc(OC)c1)c1cn(CC)c2ccccc12. The van der Waals surface area contributed by atoms with Crippen molar-refractivity contribution in [1.82, 2.24) is 9.88 Å². The first-order valence-electron chi connectivity index (χ1n) is 10.6. The van der Waals surface area contributed by atoms with Crippen molar-refractivity contribution in [3.8, 4) is 11.5 Å². The summed E-state index contributed by atoms with van der Waals surface area (Å²) in [5.74, 6) is 1.37. The summed E-state index contributed by atoms with van der Waals surface area (Å²) >= 11 is 0. The van der Waals surface area contributed by atoms with Crippen LogP contribution in [-0.4, -0.2) is 30.7 Å². The summed E-state index contributed by atoms with van der Waals surface area (Å²) in [5.41, 5.74) is 3.32. The van der Waals surface area contributed by atoms with Crippen LogP contribution >= 0.6 is 0 Å². The highest BCUT2D eigenvalue weighted by molar-refractivity contribution is 5.86. The number of nitrogens with one attached hydrogen (secondary N) is 1. The number of rotatable bonds is 9. The van der Waals surface area contributed by atoms with E-state index >= 15 is 0 Å². The Morgan fingerprint density at radius 1 is 1.07 bits per heavy atom. The number of methoxy groups -OCH3 is 2. The molecule has 160 valence electrons. The number of nitrogens with zero attached hydrogens (tertiary/aromatic N) is 1. The quantitative estimate of drug-likeness (QED) is 0.535. The van der Waals surface area contributed by atoms with Gasteiger partial charge in [0.15, 0.2) is 0 Å². The van der Waals surface area contributed by atoms with Crippen LogP contribution in [0.15, 0.2) is 48.7 Å². The Labute approximate surface area is 179 Å². The van der Waals surface area contributed by atoms with E-state index in [4.69, 9.17) is 9.47 Å². The molecule has 2 atom stereocenters. The first-order chi connectivity index (χ1) is 14.5. The molecule has 3 aromatic rings. The predicted molar refractivity (Wildman–Crippen MR) is 122 cm³/mol. The second-order valence-corrected chi connectivity index (χ2v) is 7.67. The van der Waals surface area contributed by atoms with Crippen LogP contribution < -0.4 is 14.8 Å². The summed E-state index contributed by atoms with van der Waals surface area (Å²) in [7, 11) is 3.29. The Hall–Kier alpha value is -2.95. The molecule has 5 nitrogen and oxygen atoms in total. The third-order valence-electron chi connectivity index (χ3n) is 5.72. The molecule has 0 bridgehead atoms. The fraction of sp³-hybridized carbons (Fsp3) is 0.400. The van der Waals surface area contributed by atoms with Crippen LogP contribution in [0.1, 0.15) is 50.7 Å². The van der Waals surface area contributed by atoms with Crippen molar-refractivity contribution in [2.75, 3.05) is 14.2 Å². The van der Waals surface area contributed by atoms with Gasteiger partial charge in [0.05, 0.1) is 14.2 Å². The molecule has 0 saturated carbocycles. The lowest BCUT2D eigenvalue weighted by Crippen LogP contribution is -2.33. The van der Waals surface area contributed by atoms with Gasteiger partial charge in [0.25, 0.3) is 0 Å². The number of carbonyl (C=O) groups is 1. The predicted octanol–water partition coefficient (Wildman–Crippen LogP) is 5.12. The molecule has 0 saturated heterocycles. The first kappa shape index (κ1) is 21.8. The molecule has 2 aromatic carbocycles. The van der Waals surface area contributed by atoms with E-state index in [2.05, 4.69) is 48.1 Å². The zero-order valence-corrected chi connectivity index (χ0v) is 18.6. The highest BCUT2D eigenvalue weighted by Gasteiger charge is 2.24. The maximum atomic E-state index is 12.9. The van der Waals surface area contributed by atoms with E-state index < -0.39 is 0 Å². The van der Waals surface area contributed by atoms with Crippen LogP contribution in [0.3, 0.4) is 0 Å². The number of carbonyl (C=O) groups excluding carboxylic acids is 1. The molecule has 0 radical (unpaired) electrons. The topological polar surface area (TPSA) is 52.5 Å². The molecule has 0 spiro atoms. The molecular weight excluding hydrogens is 376 g/mol. The van der Waals surface area contributed by atoms with Crippen molar-refractivity contribution in [2.24, 2.45) is 0 Å². The third-order valence-corrected chi connectivity index (χ3v) is 5.72. The minimum Gasteiger partial charge on any atom is -0.497 e. The Morgan fingerprint density at radius 3 is 2.33 bits per heavy atom. The monoisotopic (exact) mass is 408 g/mol. The van der Waals surface area contributed by atoms with Crippen LogP contribution in [-0.2, 0) is 11.3 Å². The summed E-state index contributed by atoms with van der Waals surface area (Å²) in [6.45, 7) is 7.11. The Morgan fingerprint density at radius 2 is 1.73 bits per heavy atom. The van der Waals surface area contributed by atoms with Gasteiger partial charge >= 0.3 is 0 Å². The molecule has 0 aliphatic rings. The van der Waals surface area contributed by atoms with Gasteiger partial charge in [-0.05, 0) is 49.6 Å². The molecule has 3 rings (SSSR count). The molecule has 1 aromatic heterocycles. The van der Waals surface area contributed by atoms with Crippen LogP contribution in [0.5, 0.6) is 11.5 Å². The van der Waals surface area contributed by atoms with E-state index in [1.54, 1.807) is 14.2 Å². The third kappa shape index (κ3) is 4.61. The Kier molecular flexibility index (Phi) is 7.03. The number of hydrogen-bond donors (Lipinski definition) is 1. The van der Waals surface area contributed by atoms with Crippen molar-refractivity contribution in [3.63, 3.8) is 0 Å². The highest BCUT2D eigenvalue weighted by Crippen LogP contribution is 2.37. The second-order valence-electron chi connectivity index (χ2n) is 7.67. The van der Waals surface area contributed by atoms with Gasteiger partial charge in [-0.25, -0.2) is 0 Å². The van der Waals surface area contributed by atoms with Gasteiger partial charge in [0.1, 0.15) is 11.5 Å². The summed E-state index contributed by atoms with van der Waals surface area (Å²) in [4.78, 5) is 12.9. The number of amides is 1. The first-order valence-corrected chi connectivity index (χ1v) is 10.6. The average molecular weight is 409 g/mol. The molecule has 0 unspecified atom stereocenters. The van der Waals surface area contributed by atoms with E-state index in [1.807, 2.05) is 31.2 Å². The minimum absolute atomic E-state index is 0.0458. The molecule has 30 heavy (non-hydrogen) atoms. The maximum Gasteiger partial charge on any atom is 0.221 e.